The van der Waals surface area contributed by atoms with Gasteiger partial charge < -0.3 is 11.1 Å². The SMILES string of the molecule is Nc1ccc2c(c1)[C@@H]1CCCN[C@@H]1CC2. The number of fused-ring (bicyclic) bond motifs is 3. The van der Waals surface area contributed by atoms with Crippen molar-refractivity contribution >= 4 is 5.69 Å². The van der Waals surface area contributed by atoms with Gasteiger partial charge in [0.1, 0.15) is 0 Å². The minimum absolute atomic E-state index is 0.702. The van der Waals surface area contributed by atoms with Gasteiger partial charge in [0.15, 0.2) is 0 Å². The van der Waals surface area contributed by atoms with Crippen LogP contribution in [0.2, 0.25) is 0 Å². The highest BCUT2D eigenvalue weighted by Crippen LogP contribution is 2.37. The summed E-state index contributed by atoms with van der Waals surface area (Å²) in [5, 5.41) is 3.64. The van der Waals surface area contributed by atoms with E-state index in [1.54, 1.807) is 0 Å². The fourth-order valence-corrected chi connectivity index (χ4v) is 3.13. The molecule has 1 aromatic carbocycles. The molecule has 2 aliphatic rings. The molecule has 2 nitrogen and oxygen atoms in total. The molecule has 80 valence electrons. The summed E-state index contributed by atoms with van der Waals surface area (Å²) in [5.41, 5.74) is 9.83. The van der Waals surface area contributed by atoms with Gasteiger partial charge in [-0.3, -0.25) is 0 Å². The second kappa shape index (κ2) is 3.53. The Kier molecular flexibility index (Phi) is 2.17. The molecule has 1 saturated heterocycles. The number of rotatable bonds is 0. The van der Waals surface area contributed by atoms with E-state index >= 15 is 0 Å². The topological polar surface area (TPSA) is 38.0 Å². The lowest BCUT2D eigenvalue weighted by Crippen LogP contribution is -2.42. The van der Waals surface area contributed by atoms with Crippen molar-refractivity contribution in [2.75, 3.05) is 12.3 Å². The van der Waals surface area contributed by atoms with E-state index in [2.05, 4.69) is 17.4 Å². The first kappa shape index (κ1) is 9.22. The van der Waals surface area contributed by atoms with Gasteiger partial charge in [0.25, 0.3) is 0 Å². The van der Waals surface area contributed by atoms with Crippen molar-refractivity contribution in [1.82, 2.24) is 5.32 Å². The van der Waals surface area contributed by atoms with Crippen molar-refractivity contribution in [1.29, 1.82) is 0 Å². The molecule has 0 unspecified atom stereocenters. The maximum Gasteiger partial charge on any atom is 0.0317 e. The number of nitrogens with two attached hydrogens (primary N) is 1. The fraction of sp³-hybridized carbons (Fsp3) is 0.538. The molecule has 0 aromatic heterocycles. The lowest BCUT2D eigenvalue weighted by molar-refractivity contribution is 0.319. The third kappa shape index (κ3) is 1.53. The summed E-state index contributed by atoms with van der Waals surface area (Å²) in [6.45, 7) is 1.19. The molecule has 1 aromatic rings. The minimum atomic E-state index is 0.702. The van der Waals surface area contributed by atoms with Crippen molar-refractivity contribution in [3.8, 4) is 0 Å². The number of nitrogen functional groups attached to an aromatic ring is 1. The van der Waals surface area contributed by atoms with E-state index in [1.807, 2.05) is 6.07 Å². The molecule has 0 amide bonds. The highest BCUT2D eigenvalue weighted by molar-refractivity contribution is 5.47. The monoisotopic (exact) mass is 202 g/mol. The number of aryl methyl sites for hydroxylation is 1. The summed E-state index contributed by atoms with van der Waals surface area (Å²) in [6.07, 6.45) is 5.13. The molecule has 0 saturated carbocycles. The predicted octanol–water partition coefficient (Wildman–Crippen LogP) is 2.05. The number of piperidine rings is 1. The van der Waals surface area contributed by atoms with Crippen LogP contribution in [0, 0.1) is 0 Å². The molecule has 1 aliphatic carbocycles. The highest BCUT2D eigenvalue weighted by atomic mass is 14.9. The summed E-state index contributed by atoms with van der Waals surface area (Å²) >= 11 is 0. The Hall–Kier alpha value is -1.02. The van der Waals surface area contributed by atoms with Crippen molar-refractivity contribution in [2.24, 2.45) is 0 Å². The first-order chi connectivity index (χ1) is 7.34. The number of nitrogens with one attached hydrogen (secondary N) is 1. The Labute approximate surface area is 90.9 Å². The summed E-state index contributed by atoms with van der Waals surface area (Å²) in [7, 11) is 0. The summed E-state index contributed by atoms with van der Waals surface area (Å²) in [6, 6.07) is 7.15. The smallest absolute Gasteiger partial charge is 0.0317 e. The van der Waals surface area contributed by atoms with Crippen LogP contribution in [0.3, 0.4) is 0 Å². The molecule has 1 fully saturated rings. The average molecular weight is 202 g/mol. The van der Waals surface area contributed by atoms with E-state index in [1.165, 1.54) is 43.4 Å². The Morgan fingerprint density at radius 2 is 2.20 bits per heavy atom. The van der Waals surface area contributed by atoms with Gasteiger partial charge in [0, 0.05) is 11.7 Å². The second-order valence-electron chi connectivity index (χ2n) is 4.81. The molecule has 3 rings (SSSR count). The molecule has 0 spiro atoms. The zero-order valence-corrected chi connectivity index (χ0v) is 9.00. The molecule has 15 heavy (non-hydrogen) atoms. The Bertz CT molecular complexity index is 373. The third-order valence-corrected chi connectivity index (χ3v) is 3.88. The van der Waals surface area contributed by atoms with Crippen LogP contribution in [0.4, 0.5) is 5.69 Å². The van der Waals surface area contributed by atoms with Crippen LogP contribution in [0.5, 0.6) is 0 Å². The molecule has 1 heterocycles. The van der Waals surface area contributed by atoms with E-state index in [4.69, 9.17) is 5.73 Å². The zero-order chi connectivity index (χ0) is 10.3. The van der Waals surface area contributed by atoms with Gasteiger partial charge in [-0.05, 0) is 61.4 Å². The average Bonchev–Trinajstić information content (AvgIpc) is 2.29. The van der Waals surface area contributed by atoms with Gasteiger partial charge in [-0.2, -0.15) is 0 Å². The van der Waals surface area contributed by atoms with Crippen LogP contribution < -0.4 is 11.1 Å². The predicted molar refractivity (Wildman–Crippen MR) is 62.9 cm³/mol. The molecule has 3 N–H and O–H groups in total. The Morgan fingerprint density at radius 3 is 3.13 bits per heavy atom. The molecular weight excluding hydrogens is 184 g/mol. The fourth-order valence-electron chi connectivity index (χ4n) is 3.13. The zero-order valence-electron chi connectivity index (χ0n) is 9.00. The van der Waals surface area contributed by atoms with Crippen LogP contribution in [0.25, 0.3) is 0 Å². The maximum absolute atomic E-state index is 5.88. The summed E-state index contributed by atoms with van der Waals surface area (Å²) in [5.74, 6) is 0.714. The van der Waals surface area contributed by atoms with Crippen LogP contribution >= 0.6 is 0 Å². The van der Waals surface area contributed by atoms with E-state index < -0.39 is 0 Å². The molecule has 1 aliphatic heterocycles. The summed E-state index contributed by atoms with van der Waals surface area (Å²) < 4.78 is 0. The minimum Gasteiger partial charge on any atom is -0.399 e. The molecule has 0 radical (unpaired) electrons. The van der Waals surface area contributed by atoms with Crippen molar-refractivity contribution in [3.05, 3.63) is 29.3 Å². The number of hydrogen-bond acceptors (Lipinski definition) is 2. The Balaban J connectivity index is 2.01. The van der Waals surface area contributed by atoms with Gasteiger partial charge in [-0.1, -0.05) is 6.07 Å². The first-order valence-corrected chi connectivity index (χ1v) is 5.96. The number of benzene rings is 1. The van der Waals surface area contributed by atoms with E-state index in [0.717, 1.165) is 5.69 Å². The van der Waals surface area contributed by atoms with Crippen LogP contribution in [0.15, 0.2) is 18.2 Å². The largest absolute Gasteiger partial charge is 0.399 e. The maximum atomic E-state index is 5.88. The molecule has 2 heteroatoms. The van der Waals surface area contributed by atoms with Gasteiger partial charge in [-0.25, -0.2) is 0 Å². The number of hydrogen-bond donors (Lipinski definition) is 2. The van der Waals surface area contributed by atoms with Crippen LogP contribution in [0.1, 0.15) is 36.3 Å². The lowest BCUT2D eigenvalue weighted by Gasteiger charge is -2.38. The lowest BCUT2D eigenvalue weighted by atomic mass is 9.75. The third-order valence-electron chi connectivity index (χ3n) is 3.88. The van der Waals surface area contributed by atoms with Crippen molar-refractivity contribution in [3.63, 3.8) is 0 Å². The second-order valence-corrected chi connectivity index (χ2v) is 4.81. The molecule has 0 bridgehead atoms. The van der Waals surface area contributed by atoms with Gasteiger partial charge in [-0.15, -0.1) is 0 Å². The quantitative estimate of drug-likeness (QED) is 0.632. The van der Waals surface area contributed by atoms with E-state index in [-0.39, 0.29) is 0 Å². The normalized spacial score (nSPS) is 29.3. The van der Waals surface area contributed by atoms with E-state index in [9.17, 15) is 0 Å². The standard InChI is InChI=1S/C13H18N2/c14-10-5-3-9-4-6-13-11(12(9)8-10)2-1-7-15-13/h3,5,8,11,13,15H,1-2,4,6-7,14H2/t11-,13+/m0/s1. The highest BCUT2D eigenvalue weighted by Gasteiger charge is 2.31. The van der Waals surface area contributed by atoms with Gasteiger partial charge in [0.05, 0.1) is 0 Å². The van der Waals surface area contributed by atoms with Gasteiger partial charge in [0.2, 0.25) is 0 Å². The van der Waals surface area contributed by atoms with Crippen LogP contribution in [-0.4, -0.2) is 12.6 Å². The summed E-state index contributed by atoms with van der Waals surface area (Å²) in [4.78, 5) is 0. The van der Waals surface area contributed by atoms with Crippen molar-refractivity contribution in [2.45, 2.75) is 37.6 Å². The van der Waals surface area contributed by atoms with Gasteiger partial charge >= 0.3 is 0 Å². The van der Waals surface area contributed by atoms with Crippen LogP contribution in [-0.2, 0) is 6.42 Å². The van der Waals surface area contributed by atoms with Crippen molar-refractivity contribution < 1.29 is 0 Å². The first-order valence-electron chi connectivity index (χ1n) is 5.96. The Morgan fingerprint density at radius 1 is 1.27 bits per heavy atom. The molecule has 2 atom stereocenters. The molecular formula is C13H18N2. The number of anilines is 1. The van der Waals surface area contributed by atoms with E-state index in [0.29, 0.717) is 12.0 Å².